The molecule has 1 amide bonds. The number of carbonyl (C=O) groups is 2. The van der Waals surface area contributed by atoms with Gasteiger partial charge in [0.05, 0.1) is 12.7 Å². The van der Waals surface area contributed by atoms with Gasteiger partial charge >= 0.3 is 5.97 Å². The Labute approximate surface area is 142 Å². The first kappa shape index (κ1) is 17.0. The molecule has 0 unspecified atom stereocenters. The van der Waals surface area contributed by atoms with Crippen LogP contribution < -0.4 is 10.1 Å². The average molecular weight is 378 g/mol. The molecule has 0 spiro atoms. The van der Waals surface area contributed by atoms with Gasteiger partial charge in [-0.3, -0.25) is 4.79 Å². The Bertz CT molecular complexity index is 713. The van der Waals surface area contributed by atoms with Crippen LogP contribution in [0.15, 0.2) is 46.9 Å². The number of benzene rings is 2. The number of carbonyl (C=O) groups excluding carboxylic acids is 2. The number of methoxy groups -OCH3 is 1. The van der Waals surface area contributed by atoms with Gasteiger partial charge in [0.25, 0.3) is 5.91 Å². The SMILES string of the molecule is COC(=O)c1ccc(NC(=O)COc2ccc(Br)cc2)c(C)c1. The molecule has 5 nitrogen and oxygen atoms in total. The summed E-state index contributed by atoms with van der Waals surface area (Å²) in [7, 11) is 1.33. The lowest BCUT2D eigenvalue weighted by Crippen LogP contribution is -2.20. The number of hydrogen-bond donors (Lipinski definition) is 1. The molecule has 1 N–H and O–H groups in total. The lowest BCUT2D eigenvalue weighted by atomic mass is 10.1. The number of rotatable bonds is 5. The predicted octanol–water partition coefficient (Wildman–Crippen LogP) is 3.56. The van der Waals surface area contributed by atoms with Crippen LogP contribution >= 0.6 is 15.9 Å². The summed E-state index contributed by atoms with van der Waals surface area (Å²) >= 11 is 3.33. The molecule has 2 rings (SSSR count). The van der Waals surface area contributed by atoms with Crippen molar-refractivity contribution in [3.05, 3.63) is 58.1 Å². The minimum atomic E-state index is -0.412. The van der Waals surface area contributed by atoms with E-state index in [9.17, 15) is 9.59 Å². The summed E-state index contributed by atoms with van der Waals surface area (Å²) in [5.74, 6) is -0.0764. The Balaban J connectivity index is 1.94. The summed E-state index contributed by atoms with van der Waals surface area (Å²) in [4.78, 5) is 23.4. The van der Waals surface area contributed by atoms with Gasteiger partial charge in [0.15, 0.2) is 6.61 Å². The average Bonchev–Trinajstić information content (AvgIpc) is 2.55. The van der Waals surface area contributed by atoms with Gasteiger partial charge < -0.3 is 14.8 Å². The summed E-state index contributed by atoms with van der Waals surface area (Å²) in [5.41, 5.74) is 1.83. The monoisotopic (exact) mass is 377 g/mol. The van der Waals surface area contributed by atoms with Crippen molar-refractivity contribution in [3.63, 3.8) is 0 Å². The van der Waals surface area contributed by atoms with Crippen LogP contribution in [-0.2, 0) is 9.53 Å². The third kappa shape index (κ3) is 4.82. The van der Waals surface area contributed by atoms with E-state index in [4.69, 9.17) is 4.74 Å². The van der Waals surface area contributed by atoms with Crippen molar-refractivity contribution in [2.75, 3.05) is 19.0 Å². The van der Waals surface area contributed by atoms with Crippen molar-refractivity contribution in [2.45, 2.75) is 6.92 Å². The van der Waals surface area contributed by atoms with Crippen molar-refractivity contribution in [3.8, 4) is 5.75 Å². The molecule has 0 aliphatic rings. The van der Waals surface area contributed by atoms with Crippen LogP contribution in [0.25, 0.3) is 0 Å². The zero-order chi connectivity index (χ0) is 16.8. The van der Waals surface area contributed by atoms with Crippen LogP contribution in [0.2, 0.25) is 0 Å². The van der Waals surface area contributed by atoms with Gasteiger partial charge in [0.1, 0.15) is 5.75 Å². The summed E-state index contributed by atoms with van der Waals surface area (Å²) < 4.78 is 11.0. The second kappa shape index (κ2) is 7.78. The third-order valence-electron chi connectivity index (χ3n) is 3.11. The summed E-state index contributed by atoms with van der Waals surface area (Å²) in [6.45, 7) is 1.71. The molecule has 0 aliphatic heterocycles. The van der Waals surface area contributed by atoms with E-state index in [1.807, 2.05) is 12.1 Å². The third-order valence-corrected chi connectivity index (χ3v) is 3.63. The lowest BCUT2D eigenvalue weighted by Gasteiger charge is -2.10. The number of hydrogen-bond acceptors (Lipinski definition) is 4. The predicted molar refractivity (Wildman–Crippen MR) is 90.8 cm³/mol. The highest BCUT2D eigenvalue weighted by atomic mass is 79.9. The Morgan fingerprint density at radius 1 is 1.13 bits per heavy atom. The largest absolute Gasteiger partial charge is 0.484 e. The zero-order valence-electron chi connectivity index (χ0n) is 12.8. The van der Waals surface area contributed by atoms with Crippen molar-refractivity contribution in [1.29, 1.82) is 0 Å². The van der Waals surface area contributed by atoms with Gasteiger partial charge in [-0.05, 0) is 55.0 Å². The number of ether oxygens (including phenoxy) is 2. The molecule has 0 bridgehead atoms. The maximum atomic E-state index is 11.9. The van der Waals surface area contributed by atoms with E-state index >= 15 is 0 Å². The van der Waals surface area contributed by atoms with Gasteiger partial charge in [-0.15, -0.1) is 0 Å². The number of amides is 1. The lowest BCUT2D eigenvalue weighted by molar-refractivity contribution is -0.118. The number of aryl methyl sites for hydroxylation is 1. The van der Waals surface area contributed by atoms with Gasteiger partial charge in [-0.25, -0.2) is 4.79 Å². The number of nitrogens with one attached hydrogen (secondary N) is 1. The molecule has 0 radical (unpaired) electrons. The standard InChI is InChI=1S/C17H16BrNO4/c1-11-9-12(17(21)22-2)3-8-15(11)19-16(20)10-23-14-6-4-13(18)5-7-14/h3-9H,10H2,1-2H3,(H,19,20). The highest BCUT2D eigenvalue weighted by molar-refractivity contribution is 9.10. The molecule has 2 aromatic carbocycles. The van der Waals surface area contributed by atoms with E-state index in [0.717, 1.165) is 10.0 Å². The second-order valence-electron chi connectivity index (χ2n) is 4.81. The van der Waals surface area contributed by atoms with E-state index in [-0.39, 0.29) is 12.5 Å². The Morgan fingerprint density at radius 2 is 1.83 bits per heavy atom. The smallest absolute Gasteiger partial charge is 0.337 e. The topological polar surface area (TPSA) is 64.6 Å². The van der Waals surface area contributed by atoms with Crippen LogP contribution in [0.3, 0.4) is 0 Å². The fourth-order valence-corrected chi connectivity index (χ4v) is 2.18. The molecule has 0 heterocycles. The highest BCUT2D eigenvalue weighted by Gasteiger charge is 2.10. The van der Waals surface area contributed by atoms with E-state index in [2.05, 4.69) is 26.0 Å². The number of anilines is 1. The highest BCUT2D eigenvalue weighted by Crippen LogP contribution is 2.18. The molecule has 0 aromatic heterocycles. The fourth-order valence-electron chi connectivity index (χ4n) is 1.91. The van der Waals surface area contributed by atoms with Crippen molar-refractivity contribution in [1.82, 2.24) is 0 Å². The summed E-state index contributed by atoms with van der Waals surface area (Å²) in [5, 5.41) is 2.75. The Kier molecular flexibility index (Phi) is 5.76. The first-order valence-electron chi connectivity index (χ1n) is 6.87. The van der Waals surface area contributed by atoms with Crippen LogP contribution in [0.5, 0.6) is 5.75 Å². The molecule has 0 saturated carbocycles. The Hall–Kier alpha value is -2.34. The minimum Gasteiger partial charge on any atom is -0.484 e. The van der Waals surface area contributed by atoms with Gasteiger partial charge in [-0.1, -0.05) is 15.9 Å². The molecular formula is C17H16BrNO4. The molecule has 6 heteroatoms. The van der Waals surface area contributed by atoms with Crippen LogP contribution in [0.1, 0.15) is 15.9 Å². The van der Waals surface area contributed by atoms with E-state index in [1.165, 1.54) is 7.11 Å². The normalized spacial score (nSPS) is 10.0. The maximum absolute atomic E-state index is 11.9. The number of esters is 1. The molecule has 0 saturated heterocycles. The molecule has 23 heavy (non-hydrogen) atoms. The quantitative estimate of drug-likeness (QED) is 0.809. The van der Waals surface area contributed by atoms with Crippen LogP contribution in [-0.4, -0.2) is 25.6 Å². The van der Waals surface area contributed by atoms with Crippen molar-refractivity contribution < 1.29 is 19.1 Å². The number of halogens is 1. The van der Waals surface area contributed by atoms with E-state index in [0.29, 0.717) is 17.0 Å². The maximum Gasteiger partial charge on any atom is 0.337 e. The molecule has 0 fully saturated rings. The van der Waals surface area contributed by atoms with E-state index in [1.54, 1.807) is 37.3 Å². The Morgan fingerprint density at radius 3 is 2.43 bits per heavy atom. The molecule has 2 aromatic rings. The first-order chi connectivity index (χ1) is 11.0. The van der Waals surface area contributed by atoms with Crippen LogP contribution in [0, 0.1) is 6.92 Å². The zero-order valence-corrected chi connectivity index (χ0v) is 14.3. The van der Waals surface area contributed by atoms with Crippen molar-refractivity contribution in [2.24, 2.45) is 0 Å². The van der Waals surface area contributed by atoms with Crippen LogP contribution in [0.4, 0.5) is 5.69 Å². The second-order valence-corrected chi connectivity index (χ2v) is 5.73. The van der Waals surface area contributed by atoms with Crippen molar-refractivity contribution >= 4 is 33.5 Å². The van der Waals surface area contributed by atoms with E-state index < -0.39 is 5.97 Å². The fraction of sp³-hybridized carbons (Fsp3) is 0.176. The summed E-state index contributed by atoms with van der Waals surface area (Å²) in [6.07, 6.45) is 0. The van der Waals surface area contributed by atoms with Gasteiger partial charge in [0, 0.05) is 10.2 Å². The summed E-state index contributed by atoms with van der Waals surface area (Å²) in [6, 6.07) is 12.1. The molecule has 0 aliphatic carbocycles. The first-order valence-corrected chi connectivity index (χ1v) is 7.66. The van der Waals surface area contributed by atoms with Gasteiger partial charge in [0.2, 0.25) is 0 Å². The van der Waals surface area contributed by atoms with Gasteiger partial charge in [-0.2, -0.15) is 0 Å². The molecular weight excluding hydrogens is 362 g/mol. The minimum absolute atomic E-state index is 0.0974. The molecule has 0 atom stereocenters. The molecule has 120 valence electrons.